The zero-order valence-electron chi connectivity index (χ0n) is 18.0. The highest BCUT2D eigenvalue weighted by atomic mass is 35.5. The van der Waals surface area contributed by atoms with Crippen molar-refractivity contribution >= 4 is 34.2 Å². The number of fused-ring (bicyclic) bond motifs is 1. The average Bonchev–Trinajstić information content (AvgIpc) is 3.55. The van der Waals surface area contributed by atoms with E-state index < -0.39 is 11.8 Å². The van der Waals surface area contributed by atoms with E-state index in [1.165, 1.54) is 12.1 Å². The fourth-order valence-corrected chi connectivity index (χ4v) is 3.67. The van der Waals surface area contributed by atoms with E-state index in [9.17, 15) is 9.18 Å². The summed E-state index contributed by atoms with van der Waals surface area (Å²) in [5.74, 6) is 0.535. The second kappa shape index (κ2) is 8.37. The highest BCUT2D eigenvalue weighted by Gasteiger charge is 2.24. The van der Waals surface area contributed by atoms with Crippen molar-refractivity contribution in [3.63, 3.8) is 0 Å². The third-order valence-electron chi connectivity index (χ3n) is 5.53. The molecule has 2 N–H and O–H groups in total. The lowest BCUT2D eigenvalue weighted by Crippen LogP contribution is -2.30. The molecule has 9 heteroatoms. The van der Waals surface area contributed by atoms with E-state index in [4.69, 9.17) is 16.3 Å². The third kappa shape index (κ3) is 4.34. The van der Waals surface area contributed by atoms with Crippen LogP contribution >= 0.6 is 11.6 Å². The van der Waals surface area contributed by atoms with Crippen molar-refractivity contribution < 1.29 is 13.9 Å². The first kappa shape index (κ1) is 21.2. The maximum atomic E-state index is 14.9. The number of nitrogens with one attached hydrogen (secondary N) is 2. The van der Waals surface area contributed by atoms with Crippen molar-refractivity contribution in [1.29, 1.82) is 0 Å². The fraction of sp³-hybridized carbons (Fsp3) is 0.208. The van der Waals surface area contributed by atoms with E-state index in [1.807, 2.05) is 42.9 Å². The summed E-state index contributed by atoms with van der Waals surface area (Å²) in [4.78, 5) is 20.9. The molecular weight excluding hydrogens is 445 g/mol. The van der Waals surface area contributed by atoms with Crippen molar-refractivity contribution in [2.75, 3.05) is 5.32 Å². The average molecular weight is 466 g/mol. The maximum absolute atomic E-state index is 14.9. The zero-order chi connectivity index (χ0) is 23.1. The van der Waals surface area contributed by atoms with Gasteiger partial charge in [-0.05, 0) is 50.1 Å². The molecule has 168 valence electrons. The Balaban J connectivity index is 1.41. The number of nitrogens with zero attached hydrogens (tertiary/aromatic N) is 3. The van der Waals surface area contributed by atoms with Crippen LogP contribution in [0.3, 0.4) is 0 Å². The van der Waals surface area contributed by atoms with Crippen molar-refractivity contribution in [3.05, 3.63) is 65.5 Å². The molecule has 0 unspecified atom stereocenters. The number of urea groups is 1. The first-order valence-electron chi connectivity index (χ1n) is 10.5. The number of pyridine rings is 1. The number of anilines is 1. The molecule has 0 spiro atoms. The molecular formula is C24H21ClFN5O2. The number of carbonyl (C=O) groups excluding carboxylic acids is 1. The molecule has 7 nitrogen and oxygen atoms in total. The first-order valence-corrected chi connectivity index (χ1v) is 10.9. The summed E-state index contributed by atoms with van der Waals surface area (Å²) >= 11 is 6.16. The number of imidazole rings is 1. The Bertz CT molecular complexity index is 1360. The molecule has 2 aromatic carbocycles. The molecule has 33 heavy (non-hydrogen) atoms. The Kier molecular flexibility index (Phi) is 5.38. The Hall–Kier alpha value is -3.65. The summed E-state index contributed by atoms with van der Waals surface area (Å²) in [7, 11) is 1.94. The lowest BCUT2D eigenvalue weighted by molar-refractivity contribution is 0.251. The van der Waals surface area contributed by atoms with Gasteiger partial charge in [0.1, 0.15) is 16.6 Å². The number of rotatable bonds is 5. The van der Waals surface area contributed by atoms with Gasteiger partial charge in [0.25, 0.3) is 0 Å². The maximum Gasteiger partial charge on any atom is 0.319 e. The van der Waals surface area contributed by atoms with Gasteiger partial charge in [0, 0.05) is 36.4 Å². The molecule has 0 aliphatic heterocycles. The van der Waals surface area contributed by atoms with Crippen LogP contribution in [0.4, 0.5) is 14.9 Å². The van der Waals surface area contributed by atoms with Crippen LogP contribution in [0.25, 0.3) is 22.2 Å². The predicted molar refractivity (Wildman–Crippen MR) is 125 cm³/mol. The molecule has 2 heterocycles. The number of carbonyl (C=O) groups is 1. The summed E-state index contributed by atoms with van der Waals surface area (Å²) in [5, 5.41) is 5.84. The normalized spacial score (nSPS) is 13.2. The largest absolute Gasteiger partial charge is 0.453 e. The van der Waals surface area contributed by atoms with Gasteiger partial charge in [-0.15, -0.1) is 0 Å². The van der Waals surface area contributed by atoms with E-state index >= 15 is 0 Å². The predicted octanol–water partition coefficient (Wildman–Crippen LogP) is 5.81. The van der Waals surface area contributed by atoms with Crippen molar-refractivity contribution in [2.45, 2.75) is 25.8 Å². The Morgan fingerprint density at radius 3 is 2.76 bits per heavy atom. The highest BCUT2D eigenvalue weighted by molar-refractivity contribution is 6.34. The smallest absolute Gasteiger partial charge is 0.319 e. The van der Waals surface area contributed by atoms with Crippen molar-refractivity contribution in [2.24, 2.45) is 7.05 Å². The molecule has 1 aliphatic carbocycles. The van der Waals surface area contributed by atoms with Gasteiger partial charge < -0.3 is 19.9 Å². The number of aryl methyl sites for hydroxylation is 2. The zero-order valence-corrected chi connectivity index (χ0v) is 18.8. The first-order chi connectivity index (χ1) is 15.9. The van der Waals surface area contributed by atoms with E-state index in [0.29, 0.717) is 11.3 Å². The van der Waals surface area contributed by atoms with Crippen LogP contribution in [0.15, 0.2) is 48.8 Å². The molecule has 0 radical (unpaired) electrons. The second-order valence-corrected chi connectivity index (χ2v) is 8.42. The summed E-state index contributed by atoms with van der Waals surface area (Å²) < 4.78 is 22.8. The van der Waals surface area contributed by atoms with Crippen LogP contribution in [0, 0.1) is 12.7 Å². The number of halogens is 2. The fourth-order valence-electron chi connectivity index (χ4n) is 3.47. The molecule has 0 bridgehead atoms. The Morgan fingerprint density at radius 2 is 2.03 bits per heavy atom. The number of amides is 2. The van der Waals surface area contributed by atoms with Crippen molar-refractivity contribution in [1.82, 2.24) is 19.9 Å². The van der Waals surface area contributed by atoms with Gasteiger partial charge in [0.05, 0.1) is 16.9 Å². The molecule has 1 fully saturated rings. The number of hydrogen-bond donors (Lipinski definition) is 2. The van der Waals surface area contributed by atoms with Gasteiger partial charge >= 0.3 is 6.03 Å². The molecule has 4 aromatic rings. The quantitative estimate of drug-likeness (QED) is 0.389. The van der Waals surface area contributed by atoms with E-state index in [2.05, 4.69) is 20.6 Å². The molecule has 1 saturated carbocycles. The minimum atomic E-state index is -0.758. The highest BCUT2D eigenvalue weighted by Crippen LogP contribution is 2.37. The lowest BCUT2D eigenvalue weighted by atomic mass is 10.1. The second-order valence-electron chi connectivity index (χ2n) is 8.04. The lowest BCUT2D eigenvalue weighted by Gasteiger charge is -2.13. The van der Waals surface area contributed by atoms with Gasteiger partial charge in [-0.2, -0.15) is 0 Å². The Labute approximate surface area is 194 Å². The van der Waals surface area contributed by atoms with Gasteiger partial charge in [-0.25, -0.2) is 14.2 Å². The molecule has 0 atom stereocenters. The van der Waals surface area contributed by atoms with Crippen LogP contribution < -0.4 is 15.4 Å². The van der Waals surface area contributed by atoms with E-state index in [1.54, 1.807) is 12.3 Å². The standard InChI is InChI=1S/C24H21ClFN5O2/c1-13-28-19(12-31(13)2)14-3-6-16-18(11-14)27-10-9-20(16)33-21-8-7-17(22(25)23(21)26)30-24(32)29-15-4-5-15/h3,6-12,15H,4-5H2,1-2H3,(H2,29,30,32). The van der Waals surface area contributed by atoms with Gasteiger partial charge in [-0.1, -0.05) is 17.7 Å². The SMILES string of the molecule is Cc1nc(-c2ccc3c(Oc4ccc(NC(=O)NC5CC5)c(Cl)c4F)ccnc3c2)cn1C. The van der Waals surface area contributed by atoms with Crippen LogP contribution in [-0.2, 0) is 7.05 Å². The summed E-state index contributed by atoms with van der Waals surface area (Å²) in [6, 6.07) is 10.1. The van der Waals surface area contributed by atoms with Crippen LogP contribution in [0.2, 0.25) is 5.02 Å². The molecule has 1 aliphatic rings. The summed E-state index contributed by atoms with van der Waals surface area (Å²) in [6.45, 7) is 1.94. The number of hydrogen-bond acceptors (Lipinski definition) is 4. The number of aromatic nitrogens is 3. The third-order valence-corrected chi connectivity index (χ3v) is 5.90. The van der Waals surface area contributed by atoms with E-state index in [-0.39, 0.29) is 22.5 Å². The van der Waals surface area contributed by atoms with Gasteiger partial charge in [-0.3, -0.25) is 4.98 Å². The monoisotopic (exact) mass is 465 g/mol. The Morgan fingerprint density at radius 1 is 1.21 bits per heavy atom. The van der Waals surface area contributed by atoms with Crippen LogP contribution in [0.1, 0.15) is 18.7 Å². The minimum absolute atomic E-state index is 0.0509. The molecule has 2 aromatic heterocycles. The molecule has 0 saturated heterocycles. The minimum Gasteiger partial charge on any atom is -0.453 e. The summed E-state index contributed by atoms with van der Waals surface area (Å²) in [6.07, 6.45) is 5.45. The number of benzene rings is 2. The van der Waals surface area contributed by atoms with Crippen LogP contribution in [0.5, 0.6) is 11.5 Å². The topological polar surface area (TPSA) is 81.1 Å². The summed E-state index contributed by atoms with van der Waals surface area (Å²) in [5.41, 5.74) is 2.63. The van der Waals surface area contributed by atoms with Crippen LogP contribution in [-0.4, -0.2) is 26.6 Å². The van der Waals surface area contributed by atoms with Crippen molar-refractivity contribution in [3.8, 4) is 22.8 Å². The van der Waals surface area contributed by atoms with Gasteiger partial charge in [0.15, 0.2) is 11.6 Å². The molecule has 5 rings (SSSR count). The van der Waals surface area contributed by atoms with Gasteiger partial charge in [0.2, 0.25) is 0 Å². The van der Waals surface area contributed by atoms with E-state index in [0.717, 1.165) is 35.3 Å². The number of ether oxygens (including phenoxy) is 1. The molecule has 2 amide bonds.